The molecule has 0 aromatic carbocycles. The van der Waals surface area contributed by atoms with Gasteiger partial charge in [-0.2, -0.15) is 0 Å². The standard InChI is InChI=1S/C6H12O3.C2H4O2/c7-4-1-2-5(8)6(9)3-4;1-4-2-3/h4-9H,1-3H2;2H,1H3/t4-,5+,6?;/m1./s1. The van der Waals surface area contributed by atoms with Crippen LogP contribution in [0.25, 0.3) is 0 Å². The largest absolute Gasteiger partial charge is 0.471 e. The molecule has 1 rings (SSSR count). The van der Waals surface area contributed by atoms with Gasteiger partial charge in [-0.1, -0.05) is 0 Å². The van der Waals surface area contributed by atoms with E-state index in [4.69, 9.17) is 20.1 Å². The maximum Gasteiger partial charge on any atom is 0.292 e. The normalized spacial score (nSPS) is 32.8. The lowest BCUT2D eigenvalue weighted by molar-refractivity contribution is -0.126. The van der Waals surface area contributed by atoms with E-state index in [-0.39, 0.29) is 0 Å². The highest BCUT2D eigenvalue weighted by Crippen LogP contribution is 2.18. The number of ether oxygens (including phenoxy) is 1. The van der Waals surface area contributed by atoms with Gasteiger partial charge in [0.2, 0.25) is 0 Å². The number of carbonyl (C=O) groups is 1. The summed E-state index contributed by atoms with van der Waals surface area (Å²) >= 11 is 0. The first-order valence-electron chi connectivity index (χ1n) is 4.12. The Morgan fingerprint density at radius 3 is 2.08 bits per heavy atom. The molecule has 0 radical (unpaired) electrons. The summed E-state index contributed by atoms with van der Waals surface area (Å²) in [6.45, 7) is 0.375. The Labute approximate surface area is 77.0 Å². The Bertz CT molecular complexity index is 138. The summed E-state index contributed by atoms with van der Waals surface area (Å²) < 4.78 is 3.86. The van der Waals surface area contributed by atoms with Crippen LogP contribution in [0.2, 0.25) is 0 Å². The van der Waals surface area contributed by atoms with Gasteiger partial charge < -0.3 is 20.1 Å². The zero-order chi connectivity index (χ0) is 10.3. The van der Waals surface area contributed by atoms with Crippen molar-refractivity contribution in [3.05, 3.63) is 0 Å². The van der Waals surface area contributed by atoms with Gasteiger partial charge in [0.25, 0.3) is 6.47 Å². The van der Waals surface area contributed by atoms with Crippen molar-refractivity contribution in [2.24, 2.45) is 0 Å². The fourth-order valence-electron chi connectivity index (χ4n) is 1.11. The Morgan fingerprint density at radius 1 is 1.23 bits per heavy atom. The van der Waals surface area contributed by atoms with E-state index in [2.05, 4.69) is 4.74 Å². The maximum atomic E-state index is 8.95. The molecule has 3 N–H and O–H groups in total. The summed E-state index contributed by atoms with van der Waals surface area (Å²) in [5.41, 5.74) is 0. The van der Waals surface area contributed by atoms with E-state index in [1.807, 2.05) is 0 Å². The molecule has 0 aliphatic heterocycles. The van der Waals surface area contributed by atoms with Crippen molar-refractivity contribution in [1.82, 2.24) is 0 Å². The molecule has 1 unspecified atom stereocenters. The van der Waals surface area contributed by atoms with Crippen molar-refractivity contribution in [2.75, 3.05) is 7.11 Å². The molecule has 0 amide bonds. The molecule has 1 aliphatic carbocycles. The summed E-state index contributed by atoms with van der Waals surface area (Å²) in [6.07, 6.45) is -0.299. The Hall–Kier alpha value is -0.650. The predicted octanol–water partition coefficient (Wildman–Crippen LogP) is -0.958. The number of aliphatic hydroxyl groups is 3. The number of hydrogen-bond donors (Lipinski definition) is 3. The fraction of sp³-hybridized carbons (Fsp3) is 0.875. The molecule has 5 heteroatoms. The van der Waals surface area contributed by atoms with E-state index in [1.54, 1.807) is 0 Å². The molecule has 0 aromatic heterocycles. The quantitative estimate of drug-likeness (QED) is 0.466. The number of aliphatic hydroxyl groups excluding tert-OH is 3. The van der Waals surface area contributed by atoms with Crippen LogP contribution in [0.15, 0.2) is 0 Å². The molecule has 78 valence electrons. The van der Waals surface area contributed by atoms with Crippen LogP contribution < -0.4 is 0 Å². The van der Waals surface area contributed by atoms with Crippen LogP contribution in [0, 0.1) is 0 Å². The zero-order valence-electron chi connectivity index (χ0n) is 7.59. The third-order valence-electron chi connectivity index (χ3n) is 1.85. The van der Waals surface area contributed by atoms with Gasteiger partial charge in [-0.3, -0.25) is 4.79 Å². The second kappa shape index (κ2) is 6.82. The van der Waals surface area contributed by atoms with E-state index in [0.717, 1.165) is 0 Å². The molecule has 0 spiro atoms. The average Bonchev–Trinajstić information content (AvgIpc) is 2.12. The monoisotopic (exact) mass is 192 g/mol. The fourth-order valence-corrected chi connectivity index (χ4v) is 1.11. The molecular formula is C8H16O5. The zero-order valence-corrected chi connectivity index (χ0v) is 7.59. The smallest absolute Gasteiger partial charge is 0.292 e. The molecule has 0 saturated heterocycles. The number of hydrogen-bond acceptors (Lipinski definition) is 5. The summed E-state index contributed by atoms with van der Waals surface area (Å²) in [6, 6.07) is 0. The molecule has 0 heterocycles. The molecule has 1 saturated carbocycles. The van der Waals surface area contributed by atoms with Crippen molar-refractivity contribution in [2.45, 2.75) is 37.6 Å². The van der Waals surface area contributed by atoms with Gasteiger partial charge in [-0.15, -0.1) is 0 Å². The summed E-state index contributed by atoms with van der Waals surface area (Å²) in [7, 11) is 1.31. The summed E-state index contributed by atoms with van der Waals surface area (Å²) in [5.74, 6) is 0. The second-order valence-corrected chi connectivity index (χ2v) is 2.93. The molecule has 0 aromatic rings. The lowest BCUT2D eigenvalue weighted by Crippen LogP contribution is -2.35. The van der Waals surface area contributed by atoms with Crippen molar-refractivity contribution in [1.29, 1.82) is 0 Å². The highest BCUT2D eigenvalue weighted by atomic mass is 16.5. The average molecular weight is 192 g/mol. The number of methoxy groups -OCH3 is 1. The highest BCUT2D eigenvalue weighted by molar-refractivity contribution is 5.36. The number of carbonyl (C=O) groups excluding carboxylic acids is 1. The summed E-state index contributed by atoms with van der Waals surface area (Å²) in [5, 5.41) is 26.8. The highest BCUT2D eigenvalue weighted by Gasteiger charge is 2.25. The molecule has 1 fully saturated rings. The van der Waals surface area contributed by atoms with Crippen LogP contribution in [-0.2, 0) is 9.53 Å². The maximum absolute atomic E-state index is 8.95. The molecule has 0 bridgehead atoms. The Morgan fingerprint density at radius 2 is 1.77 bits per heavy atom. The van der Waals surface area contributed by atoms with Crippen molar-refractivity contribution >= 4 is 6.47 Å². The minimum Gasteiger partial charge on any atom is -0.471 e. The van der Waals surface area contributed by atoms with Gasteiger partial charge in [0.15, 0.2) is 0 Å². The second-order valence-electron chi connectivity index (χ2n) is 2.93. The third kappa shape index (κ3) is 5.57. The van der Waals surface area contributed by atoms with Gasteiger partial charge in [0.1, 0.15) is 0 Å². The first-order chi connectivity index (χ1) is 6.11. The van der Waals surface area contributed by atoms with E-state index in [0.29, 0.717) is 25.7 Å². The molecule has 3 atom stereocenters. The van der Waals surface area contributed by atoms with Gasteiger partial charge in [0, 0.05) is 6.42 Å². The van der Waals surface area contributed by atoms with E-state index < -0.39 is 18.3 Å². The van der Waals surface area contributed by atoms with Crippen LogP contribution >= 0.6 is 0 Å². The SMILES string of the molecule is COC=O.OC1C[C@H](O)CC[C@@H]1O. The third-order valence-corrected chi connectivity index (χ3v) is 1.85. The van der Waals surface area contributed by atoms with E-state index in [1.165, 1.54) is 7.11 Å². The Balaban J connectivity index is 0.000000310. The van der Waals surface area contributed by atoms with Crippen LogP contribution in [0.3, 0.4) is 0 Å². The molecule has 5 nitrogen and oxygen atoms in total. The lowest BCUT2D eigenvalue weighted by Gasteiger charge is -2.26. The van der Waals surface area contributed by atoms with E-state index >= 15 is 0 Å². The molecular weight excluding hydrogens is 176 g/mol. The first-order valence-corrected chi connectivity index (χ1v) is 4.12. The van der Waals surface area contributed by atoms with Crippen molar-refractivity contribution < 1.29 is 24.9 Å². The minimum atomic E-state index is -0.714. The van der Waals surface area contributed by atoms with Crippen LogP contribution in [0.5, 0.6) is 0 Å². The topological polar surface area (TPSA) is 87.0 Å². The predicted molar refractivity (Wildman–Crippen MR) is 44.9 cm³/mol. The lowest BCUT2D eigenvalue weighted by atomic mass is 9.93. The first kappa shape index (κ1) is 12.3. The van der Waals surface area contributed by atoms with Gasteiger partial charge >= 0.3 is 0 Å². The van der Waals surface area contributed by atoms with Crippen LogP contribution in [-0.4, -0.2) is 47.2 Å². The van der Waals surface area contributed by atoms with Gasteiger partial charge in [0.05, 0.1) is 25.4 Å². The van der Waals surface area contributed by atoms with Crippen LogP contribution in [0.4, 0.5) is 0 Å². The minimum absolute atomic E-state index is 0.321. The van der Waals surface area contributed by atoms with Gasteiger partial charge in [-0.25, -0.2) is 0 Å². The van der Waals surface area contributed by atoms with Crippen molar-refractivity contribution in [3.63, 3.8) is 0 Å². The Kier molecular flexibility index (Phi) is 6.48. The van der Waals surface area contributed by atoms with Crippen molar-refractivity contribution in [3.8, 4) is 0 Å². The van der Waals surface area contributed by atoms with E-state index in [9.17, 15) is 0 Å². The van der Waals surface area contributed by atoms with Gasteiger partial charge in [-0.05, 0) is 12.8 Å². The number of rotatable bonds is 1. The molecule has 13 heavy (non-hydrogen) atoms. The summed E-state index contributed by atoms with van der Waals surface area (Å²) in [4.78, 5) is 8.95. The van der Waals surface area contributed by atoms with Crippen LogP contribution in [0.1, 0.15) is 19.3 Å². The molecule has 1 aliphatic rings.